The first-order chi connectivity index (χ1) is 7.63. The monoisotopic (exact) mass is 216 g/mol. The van der Waals surface area contributed by atoms with Gasteiger partial charge in [0.15, 0.2) is 0 Å². The number of anilines is 2. The summed E-state index contributed by atoms with van der Waals surface area (Å²) < 4.78 is 5.52. The Hall–Kier alpha value is -2.36. The molecule has 0 unspecified atom stereocenters. The minimum absolute atomic E-state index is 0.194. The van der Waals surface area contributed by atoms with Crippen molar-refractivity contribution < 1.29 is 9.84 Å². The molecule has 2 aromatic carbocycles. The zero-order chi connectivity index (χ0) is 11.5. The lowest BCUT2D eigenvalue weighted by Gasteiger charge is -2.07. The van der Waals surface area contributed by atoms with E-state index in [-0.39, 0.29) is 5.75 Å². The van der Waals surface area contributed by atoms with Crippen LogP contribution in [-0.2, 0) is 0 Å². The normalized spacial score (nSPS) is 10.0. The van der Waals surface area contributed by atoms with Crippen LogP contribution in [-0.4, -0.2) is 5.11 Å². The summed E-state index contributed by atoms with van der Waals surface area (Å²) in [6.45, 7) is 0. The van der Waals surface area contributed by atoms with Crippen LogP contribution in [0.5, 0.6) is 17.2 Å². The molecule has 0 aliphatic heterocycles. The van der Waals surface area contributed by atoms with Gasteiger partial charge in [0.1, 0.15) is 17.2 Å². The molecular formula is C12H12N2O2. The largest absolute Gasteiger partial charge is 0.508 e. The van der Waals surface area contributed by atoms with Crippen LogP contribution in [0.3, 0.4) is 0 Å². The summed E-state index contributed by atoms with van der Waals surface area (Å²) >= 11 is 0. The zero-order valence-electron chi connectivity index (χ0n) is 8.55. The van der Waals surface area contributed by atoms with Gasteiger partial charge in [-0.1, -0.05) is 0 Å². The molecule has 0 aromatic heterocycles. The van der Waals surface area contributed by atoms with Crippen LogP contribution in [0, 0.1) is 0 Å². The summed E-state index contributed by atoms with van der Waals surface area (Å²) in [4.78, 5) is 0. The second-order valence-electron chi connectivity index (χ2n) is 3.43. The third kappa shape index (κ3) is 2.36. The maximum atomic E-state index is 9.12. The number of phenolic OH excluding ortho intramolecular Hbond substituents is 1. The highest BCUT2D eigenvalue weighted by Crippen LogP contribution is 2.26. The fraction of sp³-hybridized carbons (Fsp3) is 0. The Morgan fingerprint density at radius 1 is 0.812 bits per heavy atom. The number of hydrogen-bond donors (Lipinski definition) is 3. The first-order valence-electron chi connectivity index (χ1n) is 4.76. The van der Waals surface area contributed by atoms with Crippen molar-refractivity contribution in [3.63, 3.8) is 0 Å². The van der Waals surface area contributed by atoms with E-state index < -0.39 is 0 Å². The van der Waals surface area contributed by atoms with E-state index >= 15 is 0 Å². The Kier molecular flexibility index (Phi) is 2.55. The molecule has 0 aliphatic carbocycles. The smallest absolute Gasteiger partial charge is 0.131 e. The molecule has 0 radical (unpaired) electrons. The molecule has 0 bridgehead atoms. The van der Waals surface area contributed by atoms with Gasteiger partial charge in [0.2, 0.25) is 0 Å². The first kappa shape index (κ1) is 10.2. The Labute approximate surface area is 93.1 Å². The third-order valence-electron chi connectivity index (χ3n) is 2.02. The summed E-state index contributed by atoms with van der Waals surface area (Å²) in [6.07, 6.45) is 0. The highest BCUT2D eigenvalue weighted by Gasteiger charge is 2.00. The van der Waals surface area contributed by atoms with Gasteiger partial charge >= 0.3 is 0 Å². The molecule has 2 aromatic rings. The van der Waals surface area contributed by atoms with Crippen LogP contribution < -0.4 is 16.2 Å². The zero-order valence-corrected chi connectivity index (χ0v) is 8.55. The number of ether oxygens (including phenoxy) is 1. The number of aromatic hydroxyl groups is 1. The summed E-state index contributed by atoms with van der Waals surface area (Å²) in [5.74, 6) is 1.38. The molecule has 4 heteroatoms. The van der Waals surface area contributed by atoms with Crippen molar-refractivity contribution in [1.82, 2.24) is 0 Å². The predicted octanol–water partition coefficient (Wildman–Crippen LogP) is 2.35. The van der Waals surface area contributed by atoms with Gasteiger partial charge in [-0.2, -0.15) is 0 Å². The molecule has 0 saturated carbocycles. The molecule has 4 nitrogen and oxygen atoms in total. The van der Waals surface area contributed by atoms with Gasteiger partial charge in [0.05, 0.1) is 0 Å². The predicted molar refractivity (Wildman–Crippen MR) is 63.4 cm³/mol. The van der Waals surface area contributed by atoms with Crippen molar-refractivity contribution in [3.05, 3.63) is 42.5 Å². The molecule has 5 N–H and O–H groups in total. The summed E-state index contributed by atoms with van der Waals surface area (Å²) in [5, 5.41) is 9.12. The minimum Gasteiger partial charge on any atom is -0.508 e. The number of benzene rings is 2. The number of rotatable bonds is 2. The quantitative estimate of drug-likeness (QED) is 0.673. The number of nitrogen functional groups attached to an aromatic ring is 2. The van der Waals surface area contributed by atoms with Crippen molar-refractivity contribution in [1.29, 1.82) is 0 Å². The molecular weight excluding hydrogens is 204 g/mol. The average molecular weight is 216 g/mol. The van der Waals surface area contributed by atoms with Crippen LogP contribution in [0.2, 0.25) is 0 Å². The van der Waals surface area contributed by atoms with Gasteiger partial charge in [-0.3, -0.25) is 0 Å². The first-order valence-corrected chi connectivity index (χ1v) is 4.76. The highest BCUT2D eigenvalue weighted by molar-refractivity contribution is 5.57. The van der Waals surface area contributed by atoms with E-state index in [9.17, 15) is 0 Å². The Balaban J connectivity index is 2.23. The molecule has 2 rings (SSSR count). The van der Waals surface area contributed by atoms with Crippen LogP contribution in [0.25, 0.3) is 0 Å². The van der Waals surface area contributed by atoms with Gasteiger partial charge < -0.3 is 21.3 Å². The molecule has 0 aliphatic rings. The highest BCUT2D eigenvalue weighted by atomic mass is 16.5. The molecule has 82 valence electrons. The second-order valence-corrected chi connectivity index (χ2v) is 3.43. The fourth-order valence-corrected chi connectivity index (χ4v) is 1.36. The van der Waals surface area contributed by atoms with Crippen molar-refractivity contribution in [2.75, 3.05) is 11.5 Å². The standard InChI is InChI=1S/C12H12N2O2/c13-8-5-9(14)7-12(6-8)16-11-3-1-10(15)2-4-11/h1-7,15H,13-14H2. The van der Waals surface area contributed by atoms with Gasteiger partial charge in [-0.15, -0.1) is 0 Å². The summed E-state index contributed by atoms with van der Waals surface area (Å²) in [7, 11) is 0. The average Bonchev–Trinajstić information content (AvgIpc) is 2.20. The van der Waals surface area contributed by atoms with Crippen molar-refractivity contribution in [2.45, 2.75) is 0 Å². The SMILES string of the molecule is Nc1cc(N)cc(Oc2ccc(O)cc2)c1. The lowest BCUT2D eigenvalue weighted by atomic mass is 10.2. The van der Waals surface area contributed by atoms with Crippen LogP contribution in [0.15, 0.2) is 42.5 Å². The van der Waals surface area contributed by atoms with Crippen LogP contribution >= 0.6 is 0 Å². The molecule has 0 amide bonds. The van der Waals surface area contributed by atoms with E-state index in [1.807, 2.05) is 0 Å². The summed E-state index contributed by atoms with van der Waals surface area (Å²) in [6, 6.07) is 11.4. The van der Waals surface area contributed by atoms with E-state index in [1.165, 1.54) is 0 Å². The van der Waals surface area contributed by atoms with Crippen LogP contribution in [0.1, 0.15) is 0 Å². The number of hydrogen-bond acceptors (Lipinski definition) is 4. The Bertz CT molecular complexity index is 475. The maximum absolute atomic E-state index is 9.12. The van der Waals surface area contributed by atoms with Gasteiger partial charge in [-0.05, 0) is 30.3 Å². The van der Waals surface area contributed by atoms with Crippen LogP contribution in [0.4, 0.5) is 11.4 Å². The molecule has 0 spiro atoms. The van der Waals surface area contributed by atoms with Gasteiger partial charge in [0.25, 0.3) is 0 Å². The van der Waals surface area contributed by atoms with E-state index in [1.54, 1.807) is 42.5 Å². The van der Waals surface area contributed by atoms with E-state index in [0.29, 0.717) is 22.9 Å². The Morgan fingerprint density at radius 2 is 1.38 bits per heavy atom. The minimum atomic E-state index is 0.194. The van der Waals surface area contributed by atoms with E-state index in [2.05, 4.69) is 0 Å². The Morgan fingerprint density at radius 3 is 1.94 bits per heavy atom. The number of phenols is 1. The molecule has 0 atom stereocenters. The fourth-order valence-electron chi connectivity index (χ4n) is 1.36. The number of nitrogens with two attached hydrogens (primary N) is 2. The van der Waals surface area contributed by atoms with Crippen molar-refractivity contribution >= 4 is 11.4 Å². The lowest BCUT2D eigenvalue weighted by Crippen LogP contribution is -1.92. The molecule has 0 heterocycles. The molecule has 0 saturated heterocycles. The summed E-state index contributed by atoms with van der Waals surface area (Å²) in [5.41, 5.74) is 12.4. The van der Waals surface area contributed by atoms with Crippen molar-refractivity contribution in [3.8, 4) is 17.2 Å². The maximum Gasteiger partial charge on any atom is 0.131 e. The topological polar surface area (TPSA) is 81.5 Å². The van der Waals surface area contributed by atoms with Gasteiger partial charge in [0, 0.05) is 23.5 Å². The lowest BCUT2D eigenvalue weighted by molar-refractivity contribution is 0.464. The van der Waals surface area contributed by atoms with Crippen molar-refractivity contribution in [2.24, 2.45) is 0 Å². The third-order valence-corrected chi connectivity index (χ3v) is 2.02. The molecule has 0 fully saturated rings. The second kappa shape index (κ2) is 4.02. The van der Waals surface area contributed by atoms with E-state index in [0.717, 1.165) is 0 Å². The van der Waals surface area contributed by atoms with Gasteiger partial charge in [-0.25, -0.2) is 0 Å². The molecule has 16 heavy (non-hydrogen) atoms. The van der Waals surface area contributed by atoms with E-state index in [4.69, 9.17) is 21.3 Å².